The van der Waals surface area contributed by atoms with E-state index >= 15 is 0 Å². The number of hydrogen-bond donors (Lipinski definition) is 1. The maximum Gasteiger partial charge on any atom is 0.124 e. The van der Waals surface area contributed by atoms with Crippen LogP contribution in [0.25, 0.3) is 10.6 Å². The van der Waals surface area contributed by atoms with Gasteiger partial charge in [-0.15, -0.1) is 11.3 Å². The van der Waals surface area contributed by atoms with Crippen LogP contribution < -0.4 is 5.73 Å². The second-order valence-electron chi connectivity index (χ2n) is 5.70. The predicted molar refractivity (Wildman–Crippen MR) is 83.5 cm³/mol. The molecule has 20 heavy (non-hydrogen) atoms. The van der Waals surface area contributed by atoms with E-state index in [1.54, 1.807) is 11.3 Å². The average molecular weight is 286 g/mol. The average Bonchev–Trinajstić information content (AvgIpc) is 3.04. The highest BCUT2D eigenvalue weighted by Gasteiger charge is 2.26. The first-order valence-corrected chi connectivity index (χ1v) is 7.50. The van der Waals surface area contributed by atoms with Gasteiger partial charge < -0.3 is 5.73 Å². The number of fused-ring (bicyclic) bond motifs is 1. The van der Waals surface area contributed by atoms with Crippen LogP contribution in [0.5, 0.6) is 0 Å². The highest BCUT2D eigenvalue weighted by molar-refractivity contribution is 7.15. The maximum atomic E-state index is 5.88. The third kappa shape index (κ3) is 2.07. The normalized spacial score (nSPS) is 13.8. The molecule has 0 aliphatic carbocycles. The van der Waals surface area contributed by atoms with Crippen molar-refractivity contribution >= 4 is 17.6 Å². The van der Waals surface area contributed by atoms with E-state index in [4.69, 9.17) is 10.7 Å². The van der Waals surface area contributed by atoms with Crippen molar-refractivity contribution in [2.75, 3.05) is 6.54 Å². The quantitative estimate of drug-likeness (QED) is 0.943. The van der Waals surface area contributed by atoms with E-state index in [0.717, 1.165) is 27.5 Å². The standard InChI is InChI=1S/C15H18N4S/c1-9-13(15(2,3)8-16)19-14(20-9)10-4-5-18-12-7-17-6-11(10)12/h4-6H,7-8,16H2,1-3H3. The number of thiazole rings is 1. The minimum absolute atomic E-state index is 0.0941. The predicted octanol–water partition coefficient (Wildman–Crippen LogP) is 2.68. The summed E-state index contributed by atoms with van der Waals surface area (Å²) in [6, 6.07) is 2.02. The third-order valence-corrected chi connectivity index (χ3v) is 4.72. The Bertz CT molecular complexity index is 685. The molecular formula is C15H18N4S. The summed E-state index contributed by atoms with van der Waals surface area (Å²) in [7, 11) is 0. The molecule has 2 aromatic heterocycles. The summed E-state index contributed by atoms with van der Waals surface area (Å²) in [5, 5.41) is 1.03. The number of aliphatic imine (C=N–C) groups is 1. The van der Waals surface area contributed by atoms with Crippen LogP contribution in [-0.4, -0.2) is 22.7 Å². The van der Waals surface area contributed by atoms with Crippen LogP contribution in [0.15, 0.2) is 17.3 Å². The Labute approximate surface area is 122 Å². The molecule has 0 aromatic carbocycles. The molecule has 104 valence electrons. The van der Waals surface area contributed by atoms with Crippen LogP contribution in [0.4, 0.5) is 0 Å². The number of rotatable bonds is 3. The zero-order chi connectivity index (χ0) is 14.3. The zero-order valence-corrected chi connectivity index (χ0v) is 12.8. The lowest BCUT2D eigenvalue weighted by Gasteiger charge is -2.20. The van der Waals surface area contributed by atoms with Crippen LogP contribution in [0.1, 0.15) is 35.7 Å². The molecule has 0 bridgehead atoms. The molecule has 1 aliphatic heterocycles. The number of aromatic nitrogens is 2. The first-order chi connectivity index (χ1) is 9.53. The van der Waals surface area contributed by atoms with E-state index in [9.17, 15) is 0 Å². The van der Waals surface area contributed by atoms with Gasteiger partial charge in [0, 0.05) is 40.4 Å². The summed E-state index contributed by atoms with van der Waals surface area (Å²) >= 11 is 1.72. The lowest BCUT2D eigenvalue weighted by atomic mass is 9.89. The first kappa shape index (κ1) is 13.4. The summed E-state index contributed by atoms with van der Waals surface area (Å²) in [6.07, 6.45) is 3.75. The molecule has 2 N–H and O–H groups in total. The van der Waals surface area contributed by atoms with Crippen molar-refractivity contribution in [3.05, 3.63) is 34.1 Å². The molecule has 0 saturated carbocycles. The van der Waals surface area contributed by atoms with Gasteiger partial charge in [0.15, 0.2) is 0 Å². The fraction of sp³-hybridized carbons (Fsp3) is 0.400. The van der Waals surface area contributed by atoms with Crippen LogP contribution in [0.3, 0.4) is 0 Å². The summed E-state index contributed by atoms with van der Waals surface area (Å²) < 4.78 is 0. The van der Waals surface area contributed by atoms with E-state index in [2.05, 4.69) is 30.7 Å². The second-order valence-corrected chi connectivity index (χ2v) is 6.90. The van der Waals surface area contributed by atoms with Crippen molar-refractivity contribution < 1.29 is 0 Å². The Morgan fingerprint density at radius 3 is 2.95 bits per heavy atom. The monoisotopic (exact) mass is 286 g/mol. The molecule has 4 nitrogen and oxygen atoms in total. The molecule has 2 aromatic rings. The molecule has 0 radical (unpaired) electrons. The lowest BCUT2D eigenvalue weighted by molar-refractivity contribution is 0.522. The number of hydrogen-bond acceptors (Lipinski definition) is 5. The van der Waals surface area contributed by atoms with Crippen molar-refractivity contribution in [3.8, 4) is 10.6 Å². The fourth-order valence-corrected chi connectivity index (χ4v) is 3.57. The van der Waals surface area contributed by atoms with Crippen molar-refractivity contribution in [1.82, 2.24) is 9.97 Å². The SMILES string of the molecule is Cc1sc(-c2ccnc3c2C=NC3)nc1C(C)(C)CN. The fourth-order valence-electron chi connectivity index (χ4n) is 2.43. The van der Waals surface area contributed by atoms with Crippen molar-refractivity contribution in [1.29, 1.82) is 0 Å². The van der Waals surface area contributed by atoms with Gasteiger partial charge in [0.25, 0.3) is 0 Å². The number of aryl methyl sites for hydroxylation is 1. The van der Waals surface area contributed by atoms with Gasteiger partial charge in [-0.2, -0.15) is 0 Å². The van der Waals surface area contributed by atoms with Crippen LogP contribution in [-0.2, 0) is 12.0 Å². The van der Waals surface area contributed by atoms with Crippen LogP contribution >= 0.6 is 11.3 Å². The van der Waals surface area contributed by atoms with E-state index in [0.29, 0.717) is 13.1 Å². The van der Waals surface area contributed by atoms with Gasteiger partial charge in [-0.1, -0.05) is 13.8 Å². The number of pyridine rings is 1. The first-order valence-electron chi connectivity index (χ1n) is 6.69. The molecule has 3 rings (SSSR count). The Morgan fingerprint density at radius 1 is 1.40 bits per heavy atom. The van der Waals surface area contributed by atoms with E-state index in [1.807, 2.05) is 18.5 Å². The topological polar surface area (TPSA) is 64.2 Å². The van der Waals surface area contributed by atoms with Gasteiger partial charge in [-0.25, -0.2) is 4.98 Å². The molecular weight excluding hydrogens is 268 g/mol. The highest BCUT2D eigenvalue weighted by Crippen LogP contribution is 2.35. The Morgan fingerprint density at radius 2 is 2.20 bits per heavy atom. The molecule has 1 aliphatic rings. The summed E-state index contributed by atoms with van der Waals surface area (Å²) in [5.74, 6) is 0. The maximum absolute atomic E-state index is 5.88. The van der Waals surface area contributed by atoms with Crippen molar-refractivity contribution in [3.63, 3.8) is 0 Å². The zero-order valence-electron chi connectivity index (χ0n) is 12.0. The van der Waals surface area contributed by atoms with Gasteiger partial charge in [-0.3, -0.25) is 9.98 Å². The molecule has 0 unspecified atom stereocenters. The largest absolute Gasteiger partial charge is 0.330 e. The molecule has 0 atom stereocenters. The van der Waals surface area contributed by atoms with E-state index in [1.165, 1.54) is 4.88 Å². The minimum Gasteiger partial charge on any atom is -0.330 e. The van der Waals surface area contributed by atoms with Gasteiger partial charge in [0.05, 0.1) is 17.9 Å². The lowest BCUT2D eigenvalue weighted by Crippen LogP contribution is -2.29. The molecule has 0 amide bonds. The van der Waals surface area contributed by atoms with Crippen molar-refractivity contribution in [2.45, 2.75) is 32.7 Å². The highest BCUT2D eigenvalue weighted by atomic mass is 32.1. The summed E-state index contributed by atoms with van der Waals surface area (Å²) in [6.45, 7) is 7.65. The smallest absolute Gasteiger partial charge is 0.124 e. The van der Waals surface area contributed by atoms with Gasteiger partial charge in [0.2, 0.25) is 0 Å². The number of nitrogens with zero attached hydrogens (tertiary/aromatic N) is 3. The molecule has 0 fully saturated rings. The third-order valence-electron chi connectivity index (χ3n) is 3.71. The number of nitrogens with two attached hydrogens (primary N) is 1. The van der Waals surface area contributed by atoms with E-state index in [-0.39, 0.29) is 5.41 Å². The van der Waals surface area contributed by atoms with Crippen molar-refractivity contribution in [2.24, 2.45) is 10.7 Å². The Kier molecular flexibility index (Phi) is 3.18. The summed E-state index contributed by atoms with van der Waals surface area (Å²) in [5.41, 5.74) is 10.2. The Hall–Kier alpha value is -1.59. The van der Waals surface area contributed by atoms with Crippen LogP contribution in [0, 0.1) is 6.92 Å². The minimum atomic E-state index is -0.0941. The Balaban J connectivity index is 2.11. The molecule has 0 saturated heterocycles. The van der Waals surface area contributed by atoms with Gasteiger partial charge in [-0.05, 0) is 13.0 Å². The van der Waals surface area contributed by atoms with Gasteiger partial charge in [0.1, 0.15) is 5.01 Å². The van der Waals surface area contributed by atoms with Crippen LogP contribution in [0.2, 0.25) is 0 Å². The molecule has 3 heterocycles. The second kappa shape index (κ2) is 4.75. The summed E-state index contributed by atoms with van der Waals surface area (Å²) in [4.78, 5) is 14.8. The van der Waals surface area contributed by atoms with Gasteiger partial charge >= 0.3 is 0 Å². The molecule has 5 heteroatoms. The van der Waals surface area contributed by atoms with E-state index < -0.39 is 0 Å². The molecule has 0 spiro atoms.